The van der Waals surface area contributed by atoms with Crippen molar-refractivity contribution in [1.29, 1.82) is 0 Å². The van der Waals surface area contributed by atoms with Gasteiger partial charge in [-0.25, -0.2) is 9.83 Å². The van der Waals surface area contributed by atoms with E-state index < -0.39 is 23.8 Å². The van der Waals surface area contributed by atoms with E-state index in [2.05, 4.69) is 48.8 Å². The van der Waals surface area contributed by atoms with Crippen molar-refractivity contribution < 1.29 is 23.9 Å². The van der Waals surface area contributed by atoms with E-state index in [4.69, 9.17) is 27.9 Å². The number of rotatable bonds is 7. The third kappa shape index (κ3) is 6.62. The average molecular weight is 777 g/mol. The molecule has 5 saturated heterocycles. The number of imide groups is 2. The van der Waals surface area contributed by atoms with Gasteiger partial charge < -0.3 is 19.4 Å². The van der Waals surface area contributed by atoms with E-state index in [0.29, 0.717) is 33.9 Å². The molecule has 0 radical (unpaired) electrons. The quantitative estimate of drug-likeness (QED) is 0.250. The van der Waals surface area contributed by atoms with Crippen LogP contribution in [0.4, 0.5) is 22.9 Å². The fourth-order valence-corrected chi connectivity index (χ4v) is 9.95. The van der Waals surface area contributed by atoms with Crippen molar-refractivity contribution in [3.63, 3.8) is 0 Å². The van der Waals surface area contributed by atoms with Gasteiger partial charge in [0.2, 0.25) is 17.5 Å². The second kappa shape index (κ2) is 14.4. The van der Waals surface area contributed by atoms with Crippen molar-refractivity contribution in [3.8, 4) is 5.75 Å². The number of halogens is 1. The maximum absolute atomic E-state index is 13.3. The van der Waals surface area contributed by atoms with Crippen LogP contribution < -0.4 is 24.8 Å². The molecular weight excluding hydrogens is 732 g/mol. The molecule has 13 nitrogen and oxygen atoms in total. The average Bonchev–Trinajstić information content (AvgIpc) is 3.63. The van der Waals surface area contributed by atoms with E-state index in [0.717, 1.165) is 106 Å². The molecule has 0 aliphatic carbocycles. The van der Waals surface area contributed by atoms with Crippen molar-refractivity contribution >= 4 is 58.1 Å². The molecule has 9 rings (SSSR count). The Morgan fingerprint density at radius 2 is 1.64 bits per heavy atom. The number of likely N-dealkylation sites (tertiary alicyclic amines) is 1. The molecule has 56 heavy (non-hydrogen) atoms. The molecule has 5 fully saturated rings. The third-order valence-electron chi connectivity index (χ3n) is 13.0. The molecule has 2 aromatic carbocycles. The zero-order valence-electron chi connectivity index (χ0n) is 31.5. The Kier molecular flexibility index (Phi) is 9.37. The number of aromatic nitrogens is 1. The van der Waals surface area contributed by atoms with Gasteiger partial charge in [-0.2, -0.15) is 0 Å². The van der Waals surface area contributed by atoms with Crippen LogP contribution in [0.15, 0.2) is 54.7 Å². The Hall–Kier alpha value is -5.19. The van der Waals surface area contributed by atoms with Gasteiger partial charge in [-0.05, 0) is 93.3 Å². The number of hydrogen-bond donors (Lipinski definition) is 1. The van der Waals surface area contributed by atoms with Crippen LogP contribution in [0.3, 0.4) is 0 Å². The highest BCUT2D eigenvalue weighted by Gasteiger charge is 2.46. The highest BCUT2D eigenvalue weighted by atomic mass is 35.5. The fraction of sp³-hybridized carbons (Fsp3) is 0.476. The molecule has 0 bridgehead atoms. The number of carbonyl (C=O) groups is 4. The summed E-state index contributed by atoms with van der Waals surface area (Å²) in [7, 11) is 0. The predicted molar refractivity (Wildman–Crippen MR) is 212 cm³/mol. The summed E-state index contributed by atoms with van der Waals surface area (Å²) in [5.74, 6) is -0.160. The largest absolute Gasteiger partial charge is 0.489 e. The summed E-state index contributed by atoms with van der Waals surface area (Å²) in [6.07, 6.45) is 7.48. The van der Waals surface area contributed by atoms with Crippen LogP contribution in [0, 0.1) is 12.0 Å². The Morgan fingerprint density at radius 3 is 2.34 bits per heavy atom. The number of hydrogen-bond acceptors (Lipinski definition) is 10. The van der Waals surface area contributed by atoms with Crippen LogP contribution in [0.1, 0.15) is 72.6 Å². The Labute approximate surface area is 331 Å². The first-order valence-corrected chi connectivity index (χ1v) is 20.1. The van der Waals surface area contributed by atoms with Crippen LogP contribution in [-0.2, 0) is 9.59 Å². The van der Waals surface area contributed by atoms with Gasteiger partial charge >= 0.3 is 0 Å². The topological polar surface area (TPSA) is 123 Å². The van der Waals surface area contributed by atoms with Crippen molar-refractivity contribution in [1.82, 2.24) is 20.1 Å². The van der Waals surface area contributed by atoms with E-state index in [9.17, 15) is 19.2 Å². The van der Waals surface area contributed by atoms with Gasteiger partial charge in [0, 0.05) is 80.7 Å². The molecule has 1 N–H and O–H groups in total. The normalized spacial score (nSPS) is 24.4. The second-order valence-corrected chi connectivity index (χ2v) is 16.8. The van der Waals surface area contributed by atoms with Crippen LogP contribution in [0.25, 0.3) is 4.85 Å². The number of benzene rings is 2. The minimum atomic E-state index is -0.966. The minimum absolute atomic E-state index is 0.0968. The number of pyridine rings is 1. The number of fused-ring (bicyclic) bond motifs is 1. The molecule has 2 atom stereocenters. The molecule has 7 heterocycles. The smallest absolute Gasteiger partial charge is 0.262 e. The summed E-state index contributed by atoms with van der Waals surface area (Å²) in [5.41, 5.74) is 3.36. The molecule has 0 saturated carbocycles. The lowest BCUT2D eigenvalue weighted by atomic mass is 9.77. The Morgan fingerprint density at radius 1 is 0.893 bits per heavy atom. The van der Waals surface area contributed by atoms with Crippen LogP contribution in [-0.4, -0.2) is 108 Å². The molecule has 3 aromatic rings. The summed E-state index contributed by atoms with van der Waals surface area (Å²) in [6, 6.07) is 15.1. The van der Waals surface area contributed by atoms with Gasteiger partial charge in [-0.1, -0.05) is 17.7 Å². The van der Waals surface area contributed by atoms with Gasteiger partial charge in [0.05, 0.1) is 23.9 Å². The van der Waals surface area contributed by atoms with E-state index >= 15 is 0 Å². The predicted octanol–water partition coefficient (Wildman–Crippen LogP) is 5.30. The SMILES string of the molecule is [C-]#[N+]c1ccc(N2CC3(CCN(c4ccc(OC5CCN(C6CN(c7ccc8c(c7)C(=O)N(C7CCC(=O)NC7=O)C8=O)C6)CC5)cn4)CC3)C[C@@H]2C)cc1Cl. The summed E-state index contributed by atoms with van der Waals surface area (Å²) in [4.78, 5) is 69.3. The number of anilines is 3. The summed E-state index contributed by atoms with van der Waals surface area (Å²) >= 11 is 6.38. The maximum atomic E-state index is 13.3. The number of amides is 4. The summed E-state index contributed by atoms with van der Waals surface area (Å²) < 4.78 is 6.40. The lowest BCUT2D eigenvalue weighted by molar-refractivity contribution is -0.136. The van der Waals surface area contributed by atoms with Gasteiger partial charge in [-0.15, -0.1) is 0 Å². The summed E-state index contributed by atoms with van der Waals surface area (Å²) in [6.45, 7) is 16.1. The molecule has 4 amide bonds. The van der Waals surface area contributed by atoms with E-state index in [-0.39, 0.29) is 30.3 Å². The lowest BCUT2D eigenvalue weighted by Crippen LogP contribution is -2.61. The van der Waals surface area contributed by atoms with Crippen molar-refractivity contribution in [2.24, 2.45) is 5.41 Å². The number of nitrogens with one attached hydrogen (secondary N) is 1. The molecule has 290 valence electrons. The molecular formula is C42H45ClN8O5. The zero-order valence-corrected chi connectivity index (χ0v) is 32.2. The van der Waals surface area contributed by atoms with E-state index in [1.165, 1.54) is 0 Å². The summed E-state index contributed by atoms with van der Waals surface area (Å²) in [5, 5.41) is 2.76. The van der Waals surface area contributed by atoms with Crippen molar-refractivity contribution in [2.45, 2.75) is 76.1 Å². The molecule has 6 aliphatic heterocycles. The number of nitrogens with zero attached hydrogens (tertiary/aromatic N) is 7. The van der Waals surface area contributed by atoms with Crippen LogP contribution in [0.5, 0.6) is 5.75 Å². The van der Waals surface area contributed by atoms with Gasteiger partial charge in [0.25, 0.3) is 11.8 Å². The maximum Gasteiger partial charge on any atom is 0.262 e. The fourth-order valence-electron chi connectivity index (χ4n) is 9.74. The highest BCUT2D eigenvalue weighted by Crippen LogP contribution is 2.46. The Bertz CT molecular complexity index is 2120. The monoisotopic (exact) mass is 776 g/mol. The van der Waals surface area contributed by atoms with Crippen LogP contribution in [0.2, 0.25) is 5.02 Å². The number of piperidine rings is 3. The first kappa shape index (κ1) is 36.4. The van der Waals surface area contributed by atoms with E-state index in [1.807, 2.05) is 30.5 Å². The number of ether oxygens (including phenoxy) is 1. The van der Waals surface area contributed by atoms with Gasteiger partial charge in [0.1, 0.15) is 23.7 Å². The second-order valence-electron chi connectivity index (χ2n) is 16.4. The van der Waals surface area contributed by atoms with Crippen molar-refractivity contribution in [3.05, 3.63) is 82.3 Å². The highest BCUT2D eigenvalue weighted by molar-refractivity contribution is 6.33. The lowest BCUT2D eigenvalue weighted by Gasteiger charge is -2.48. The van der Waals surface area contributed by atoms with Crippen molar-refractivity contribution in [2.75, 3.05) is 60.5 Å². The minimum Gasteiger partial charge on any atom is -0.489 e. The molecule has 6 aliphatic rings. The number of carbonyl (C=O) groups excluding carboxylic acids is 4. The standard InChI is InChI=1S/C42H45ClN8O5/c1-26-21-42(25-50(26)28-4-7-35(44-2)34(43)20-28)13-17-48(18-14-42)37-9-5-31(22-45-37)56-30-11-15-47(16-12-30)29-23-49(24-29)27-3-6-32-33(19-27)41(55)51(40(32)54)36-8-10-38(52)46-39(36)53/h3-7,9,19-20,22,26,29-30,36H,8,10-18,21,23-25H2,1H3,(H,46,52,53)/t26-,36?/m0/s1. The zero-order chi connectivity index (χ0) is 38.7. The molecule has 1 unspecified atom stereocenters. The third-order valence-corrected chi connectivity index (χ3v) is 13.3. The first-order chi connectivity index (χ1) is 27.1. The van der Waals surface area contributed by atoms with Gasteiger partial charge in [0.15, 0.2) is 0 Å². The molecule has 1 aromatic heterocycles. The first-order valence-electron chi connectivity index (χ1n) is 19.7. The van der Waals surface area contributed by atoms with E-state index in [1.54, 1.807) is 12.1 Å². The van der Waals surface area contributed by atoms with Gasteiger partial charge in [-0.3, -0.25) is 34.3 Å². The molecule has 14 heteroatoms. The Balaban J connectivity index is 0.725. The van der Waals surface area contributed by atoms with Crippen LogP contribution >= 0.6 is 11.6 Å². The molecule has 1 spiro atoms.